The van der Waals surface area contributed by atoms with Crippen molar-refractivity contribution < 1.29 is 24.0 Å². The Kier molecular flexibility index (Phi) is 9.53. The maximum Gasteiger partial charge on any atom is 0.269 e. The fraction of sp³-hybridized carbons (Fsp3) is 0.250. The third kappa shape index (κ3) is 7.36. The van der Waals surface area contributed by atoms with Crippen LogP contribution in [0, 0.1) is 10.1 Å². The first-order valence-corrected chi connectivity index (χ1v) is 12.2. The molecule has 3 amide bonds. The van der Waals surface area contributed by atoms with E-state index in [0.29, 0.717) is 35.0 Å². The quantitative estimate of drug-likeness (QED) is 0.156. The summed E-state index contributed by atoms with van der Waals surface area (Å²) in [6, 6.07) is 12.4. The molecule has 0 spiro atoms. The normalized spacial score (nSPS) is 14.1. The third-order valence-corrected chi connectivity index (χ3v) is 6.61. The molecule has 0 aromatic heterocycles. The molecule has 188 valence electrons. The molecular weight excluding hydrogens is 504 g/mol. The Morgan fingerprint density at radius 2 is 1.78 bits per heavy atom. The number of amides is 3. The number of carbonyl (C=O) groups is 3. The Balaban J connectivity index is 1.36. The van der Waals surface area contributed by atoms with Crippen LogP contribution in [0.25, 0.3) is 6.08 Å². The minimum atomic E-state index is -0.574. The zero-order valence-electron chi connectivity index (χ0n) is 19.4. The first-order chi connectivity index (χ1) is 17.3. The van der Waals surface area contributed by atoms with E-state index in [4.69, 9.17) is 17.0 Å². The number of nitro benzene ring substituents is 1. The standard InChI is InChI=1S/C24H24N4O6S2/c1-34-19-12-6-16(7-13-19)15-20-23(31)27(24(35)36-20)14-4-2-3-5-21(29)25-26-22(30)17-8-10-18(11-9-17)28(32)33/h6-13,15H,2-5,14H2,1H3,(H,25,29)(H,26,30)/b20-15-. The molecule has 12 heteroatoms. The summed E-state index contributed by atoms with van der Waals surface area (Å²) in [4.78, 5) is 49.0. The van der Waals surface area contributed by atoms with Gasteiger partial charge >= 0.3 is 0 Å². The van der Waals surface area contributed by atoms with Crippen molar-refractivity contribution in [3.8, 4) is 5.75 Å². The number of carbonyl (C=O) groups excluding carboxylic acids is 3. The van der Waals surface area contributed by atoms with Gasteiger partial charge in [-0.15, -0.1) is 0 Å². The van der Waals surface area contributed by atoms with Crippen molar-refractivity contribution >= 4 is 57.8 Å². The van der Waals surface area contributed by atoms with Crippen LogP contribution in [0.1, 0.15) is 41.6 Å². The summed E-state index contributed by atoms with van der Waals surface area (Å²) in [5.41, 5.74) is 5.54. The topological polar surface area (TPSA) is 131 Å². The summed E-state index contributed by atoms with van der Waals surface area (Å²) in [5.74, 6) is -0.332. The highest BCUT2D eigenvalue weighted by atomic mass is 32.2. The van der Waals surface area contributed by atoms with Gasteiger partial charge in [-0.3, -0.25) is 40.2 Å². The van der Waals surface area contributed by atoms with Gasteiger partial charge in [0.1, 0.15) is 10.1 Å². The molecule has 2 N–H and O–H groups in total. The highest BCUT2D eigenvalue weighted by Gasteiger charge is 2.31. The van der Waals surface area contributed by atoms with Gasteiger partial charge in [0, 0.05) is 30.7 Å². The fourth-order valence-corrected chi connectivity index (χ4v) is 4.58. The van der Waals surface area contributed by atoms with E-state index in [1.165, 1.54) is 36.0 Å². The van der Waals surface area contributed by atoms with Gasteiger partial charge in [-0.05, 0) is 48.7 Å². The summed E-state index contributed by atoms with van der Waals surface area (Å²) in [5, 5.41) is 10.7. The SMILES string of the molecule is COc1ccc(/C=C2\SC(=S)N(CCCCCC(=O)NNC(=O)c3ccc([N+](=O)[O-])cc3)C2=O)cc1. The van der Waals surface area contributed by atoms with E-state index in [2.05, 4.69) is 10.9 Å². The molecular formula is C24H24N4O6S2. The predicted octanol–water partition coefficient (Wildman–Crippen LogP) is 3.83. The molecule has 1 aliphatic rings. The Bertz CT molecular complexity index is 1180. The van der Waals surface area contributed by atoms with Crippen LogP contribution in [0.3, 0.4) is 0 Å². The number of hydrazine groups is 1. The number of unbranched alkanes of at least 4 members (excludes halogenated alkanes) is 2. The monoisotopic (exact) mass is 528 g/mol. The van der Waals surface area contributed by atoms with Crippen LogP contribution in [0.5, 0.6) is 5.75 Å². The maximum absolute atomic E-state index is 12.7. The smallest absolute Gasteiger partial charge is 0.269 e. The zero-order chi connectivity index (χ0) is 26.1. The van der Waals surface area contributed by atoms with Crippen molar-refractivity contribution in [3.05, 3.63) is 74.7 Å². The molecule has 1 fully saturated rings. The number of thioether (sulfide) groups is 1. The third-order valence-electron chi connectivity index (χ3n) is 5.23. The lowest BCUT2D eigenvalue weighted by Crippen LogP contribution is -2.41. The molecule has 1 aliphatic heterocycles. The van der Waals surface area contributed by atoms with E-state index in [1.807, 2.05) is 24.3 Å². The van der Waals surface area contributed by atoms with Crippen LogP contribution in [-0.2, 0) is 9.59 Å². The number of non-ortho nitro benzene ring substituents is 1. The molecule has 0 aliphatic carbocycles. The Morgan fingerprint density at radius 1 is 1.08 bits per heavy atom. The first-order valence-electron chi connectivity index (χ1n) is 11.0. The number of benzene rings is 2. The second-order valence-corrected chi connectivity index (χ2v) is 9.40. The van der Waals surface area contributed by atoms with E-state index in [-0.39, 0.29) is 29.5 Å². The minimum Gasteiger partial charge on any atom is -0.497 e. The number of hydrogen-bond acceptors (Lipinski definition) is 8. The van der Waals surface area contributed by atoms with Crippen molar-refractivity contribution in [1.82, 2.24) is 15.8 Å². The lowest BCUT2D eigenvalue weighted by Gasteiger charge is -2.14. The fourth-order valence-electron chi connectivity index (χ4n) is 3.27. The van der Waals surface area contributed by atoms with Crippen molar-refractivity contribution in [2.75, 3.05) is 13.7 Å². The summed E-state index contributed by atoms with van der Waals surface area (Å²) in [7, 11) is 1.59. The van der Waals surface area contributed by atoms with Gasteiger partial charge < -0.3 is 4.74 Å². The maximum atomic E-state index is 12.7. The van der Waals surface area contributed by atoms with Gasteiger partial charge in [0.25, 0.3) is 17.5 Å². The summed E-state index contributed by atoms with van der Waals surface area (Å²) < 4.78 is 5.65. The summed E-state index contributed by atoms with van der Waals surface area (Å²) >= 11 is 6.62. The summed E-state index contributed by atoms with van der Waals surface area (Å²) in [6.45, 7) is 0.461. The molecule has 0 unspecified atom stereocenters. The molecule has 0 atom stereocenters. The molecule has 0 bridgehead atoms. The largest absolute Gasteiger partial charge is 0.497 e. The van der Waals surface area contributed by atoms with Gasteiger partial charge in [0.05, 0.1) is 16.9 Å². The lowest BCUT2D eigenvalue weighted by molar-refractivity contribution is -0.384. The number of nitro groups is 1. The number of methoxy groups -OCH3 is 1. The van der Waals surface area contributed by atoms with Crippen LogP contribution in [-0.4, -0.2) is 45.5 Å². The van der Waals surface area contributed by atoms with Crippen LogP contribution in [0.2, 0.25) is 0 Å². The van der Waals surface area contributed by atoms with Crippen LogP contribution >= 0.6 is 24.0 Å². The lowest BCUT2D eigenvalue weighted by atomic mass is 10.1. The van der Waals surface area contributed by atoms with Gasteiger partial charge in [-0.1, -0.05) is 42.5 Å². The van der Waals surface area contributed by atoms with E-state index in [0.717, 1.165) is 11.3 Å². The van der Waals surface area contributed by atoms with Crippen molar-refractivity contribution in [3.63, 3.8) is 0 Å². The molecule has 2 aromatic rings. The number of ether oxygens (including phenoxy) is 1. The second kappa shape index (κ2) is 12.8. The van der Waals surface area contributed by atoms with E-state index >= 15 is 0 Å². The predicted molar refractivity (Wildman–Crippen MR) is 140 cm³/mol. The molecule has 10 nitrogen and oxygen atoms in total. The van der Waals surface area contributed by atoms with Crippen LogP contribution in [0.4, 0.5) is 5.69 Å². The number of hydrogen-bond donors (Lipinski definition) is 2. The second-order valence-electron chi connectivity index (χ2n) is 7.72. The average Bonchev–Trinajstić information content (AvgIpc) is 3.14. The van der Waals surface area contributed by atoms with Gasteiger partial charge in [0.15, 0.2) is 0 Å². The van der Waals surface area contributed by atoms with Crippen LogP contribution < -0.4 is 15.6 Å². The van der Waals surface area contributed by atoms with Crippen molar-refractivity contribution in [1.29, 1.82) is 0 Å². The van der Waals surface area contributed by atoms with Crippen LogP contribution in [0.15, 0.2) is 53.4 Å². The van der Waals surface area contributed by atoms with E-state index in [1.54, 1.807) is 18.1 Å². The Labute approximate surface area is 217 Å². The summed E-state index contributed by atoms with van der Waals surface area (Å²) in [6.07, 6.45) is 3.92. The number of nitrogens with one attached hydrogen (secondary N) is 2. The highest BCUT2D eigenvalue weighted by Crippen LogP contribution is 2.33. The molecule has 0 radical (unpaired) electrons. The molecule has 0 saturated carbocycles. The van der Waals surface area contributed by atoms with E-state index in [9.17, 15) is 24.5 Å². The van der Waals surface area contributed by atoms with Gasteiger partial charge in [0.2, 0.25) is 5.91 Å². The van der Waals surface area contributed by atoms with Crippen molar-refractivity contribution in [2.45, 2.75) is 25.7 Å². The van der Waals surface area contributed by atoms with Crippen molar-refractivity contribution in [2.24, 2.45) is 0 Å². The van der Waals surface area contributed by atoms with E-state index < -0.39 is 10.8 Å². The zero-order valence-corrected chi connectivity index (χ0v) is 21.0. The van der Waals surface area contributed by atoms with Gasteiger partial charge in [-0.25, -0.2) is 0 Å². The highest BCUT2D eigenvalue weighted by molar-refractivity contribution is 8.26. The first kappa shape index (κ1) is 26.8. The molecule has 1 saturated heterocycles. The number of nitrogens with zero attached hydrogens (tertiary/aromatic N) is 2. The minimum absolute atomic E-state index is 0.130. The molecule has 2 aromatic carbocycles. The molecule has 1 heterocycles. The molecule has 36 heavy (non-hydrogen) atoms. The number of thiocarbonyl (C=S) groups is 1. The number of rotatable bonds is 10. The molecule has 3 rings (SSSR count). The van der Waals surface area contributed by atoms with Gasteiger partial charge in [-0.2, -0.15) is 0 Å². The Hall–Kier alpha value is -3.77. The average molecular weight is 529 g/mol. The Morgan fingerprint density at radius 3 is 2.42 bits per heavy atom.